The average molecular weight is 284 g/mol. The van der Waals surface area contributed by atoms with Gasteiger partial charge < -0.3 is 5.32 Å². The van der Waals surface area contributed by atoms with Crippen LogP contribution in [0.15, 0.2) is 33.6 Å². The van der Waals surface area contributed by atoms with E-state index in [1.54, 1.807) is 0 Å². The van der Waals surface area contributed by atoms with E-state index in [-0.39, 0.29) is 0 Å². The Hall–Kier alpha value is -0.430. The molecule has 0 bridgehead atoms. The number of rotatable bonds is 5. The van der Waals surface area contributed by atoms with E-state index < -0.39 is 0 Å². The molecule has 0 aliphatic carbocycles. The first-order valence-electron chi connectivity index (χ1n) is 4.75. The molecule has 1 rings (SSSR count). The van der Waals surface area contributed by atoms with E-state index in [0.717, 1.165) is 16.6 Å². The molecule has 0 radical (unpaired) electrons. The minimum atomic E-state index is 0.392. The Balaban J connectivity index is 2.42. The molecule has 1 unspecified atom stereocenters. The van der Waals surface area contributed by atoms with Crippen LogP contribution in [-0.4, -0.2) is 18.8 Å². The molecule has 1 nitrogen and oxygen atoms in total. The second-order valence-corrected chi connectivity index (χ2v) is 5.17. The Morgan fingerprint density at radius 2 is 2.13 bits per heavy atom. The summed E-state index contributed by atoms with van der Waals surface area (Å²) in [6.07, 6.45) is 6.07. The van der Waals surface area contributed by atoms with E-state index >= 15 is 0 Å². The molecule has 0 saturated carbocycles. The number of halogens is 1. The smallest absolute Gasteiger partial charge is 0.0268 e. The summed E-state index contributed by atoms with van der Waals surface area (Å²) < 4.78 is 1.11. The highest BCUT2D eigenvalue weighted by atomic mass is 79.9. The van der Waals surface area contributed by atoms with Gasteiger partial charge in [-0.1, -0.05) is 15.9 Å². The molecule has 15 heavy (non-hydrogen) atoms. The van der Waals surface area contributed by atoms with Gasteiger partial charge in [-0.15, -0.1) is 24.1 Å². The lowest BCUT2D eigenvalue weighted by atomic mass is 10.2. The fourth-order valence-electron chi connectivity index (χ4n) is 1.11. The fourth-order valence-corrected chi connectivity index (χ4v) is 2.39. The molecule has 0 fully saturated rings. The van der Waals surface area contributed by atoms with E-state index in [1.807, 2.05) is 18.8 Å². The van der Waals surface area contributed by atoms with E-state index in [1.165, 1.54) is 4.90 Å². The zero-order valence-electron chi connectivity index (χ0n) is 8.66. The van der Waals surface area contributed by atoms with Gasteiger partial charge in [0, 0.05) is 27.6 Å². The van der Waals surface area contributed by atoms with Crippen LogP contribution in [0.2, 0.25) is 0 Å². The van der Waals surface area contributed by atoms with E-state index in [2.05, 4.69) is 51.4 Å². The van der Waals surface area contributed by atoms with Gasteiger partial charge in [0.15, 0.2) is 0 Å². The van der Waals surface area contributed by atoms with Crippen molar-refractivity contribution in [2.45, 2.75) is 17.4 Å². The molecule has 0 amide bonds. The second kappa shape index (κ2) is 6.95. The highest BCUT2D eigenvalue weighted by Crippen LogP contribution is 2.21. The zero-order valence-corrected chi connectivity index (χ0v) is 11.1. The van der Waals surface area contributed by atoms with Crippen molar-refractivity contribution in [2.75, 3.05) is 12.8 Å². The van der Waals surface area contributed by atoms with Gasteiger partial charge in [0.2, 0.25) is 0 Å². The average Bonchev–Trinajstić information content (AvgIpc) is 2.26. The third-order valence-corrected chi connectivity index (χ3v) is 3.74. The van der Waals surface area contributed by atoms with Crippen molar-refractivity contribution in [2.24, 2.45) is 0 Å². The topological polar surface area (TPSA) is 12.0 Å². The van der Waals surface area contributed by atoms with E-state index in [0.29, 0.717) is 6.04 Å². The Morgan fingerprint density at radius 1 is 1.47 bits per heavy atom. The molecule has 0 aliphatic heterocycles. The maximum absolute atomic E-state index is 5.29. The molecule has 0 spiro atoms. The summed E-state index contributed by atoms with van der Waals surface area (Å²) in [6.45, 7) is 0. The molecular weight excluding hydrogens is 270 g/mol. The van der Waals surface area contributed by atoms with Crippen molar-refractivity contribution in [3.05, 3.63) is 28.7 Å². The van der Waals surface area contributed by atoms with Crippen molar-refractivity contribution in [3.63, 3.8) is 0 Å². The number of hydrogen-bond acceptors (Lipinski definition) is 2. The SMILES string of the molecule is C#CCC(CSc1ccc(Br)cc1)NC. The van der Waals surface area contributed by atoms with E-state index in [9.17, 15) is 0 Å². The molecule has 1 aromatic rings. The summed E-state index contributed by atoms with van der Waals surface area (Å²) in [7, 11) is 1.95. The molecule has 0 aliphatic rings. The monoisotopic (exact) mass is 283 g/mol. The molecule has 3 heteroatoms. The first-order chi connectivity index (χ1) is 7.26. The van der Waals surface area contributed by atoms with E-state index in [4.69, 9.17) is 6.42 Å². The number of terminal acetylenes is 1. The van der Waals surface area contributed by atoms with Gasteiger partial charge in [-0.2, -0.15) is 0 Å². The maximum Gasteiger partial charge on any atom is 0.0268 e. The summed E-state index contributed by atoms with van der Waals surface area (Å²) in [5.74, 6) is 3.68. The minimum absolute atomic E-state index is 0.392. The van der Waals surface area contributed by atoms with Gasteiger partial charge in [-0.05, 0) is 31.3 Å². The first-order valence-corrected chi connectivity index (χ1v) is 6.53. The van der Waals surface area contributed by atoms with Crippen molar-refractivity contribution in [1.82, 2.24) is 5.32 Å². The standard InChI is InChI=1S/C12H14BrNS/c1-3-4-11(14-2)9-15-12-7-5-10(13)6-8-12/h1,5-8,11,14H,4,9H2,2H3. The van der Waals surface area contributed by atoms with Crippen LogP contribution in [0.1, 0.15) is 6.42 Å². The largest absolute Gasteiger partial charge is 0.315 e. The molecular formula is C12H14BrNS. The quantitative estimate of drug-likeness (QED) is 0.658. The summed E-state index contributed by atoms with van der Waals surface area (Å²) in [5.41, 5.74) is 0. The normalized spacial score (nSPS) is 12.1. The Morgan fingerprint density at radius 3 is 2.67 bits per heavy atom. The summed E-state index contributed by atoms with van der Waals surface area (Å²) >= 11 is 5.24. The molecule has 1 atom stereocenters. The summed E-state index contributed by atoms with van der Waals surface area (Å²) in [5, 5.41) is 3.21. The Labute approximate surface area is 104 Å². The third-order valence-electron chi connectivity index (χ3n) is 2.04. The third kappa shape index (κ3) is 4.74. The molecule has 80 valence electrons. The van der Waals surface area contributed by atoms with Gasteiger partial charge in [0.05, 0.1) is 0 Å². The van der Waals surface area contributed by atoms with Crippen molar-refractivity contribution in [3.8, 4) is 12.3 Å². The minimum Gasteiger partial charge on any atom is -0.315 e. The fraction of sp³-hybridized carbons (Fsp3) is 0.333. The Bertz CT molecular complexity index is 328. The van der Waals surface area contributed by atoms with Gasteiger partial charge in [-0.25, -0.2) is 0 Å². The summed E-state index contributed by atoms with van der Waals surface area (Å²) in [4.78, 5) is 1.27. The number of benzene rings is 1. The van der Waals surface area contributed by atoms with Crippen LogP contribution < -0.4 is 5.32 Å². The zero-order chi connectivity index (χ0) is 11.1. The van der Waals surface area contributed by atoms with Crippen LogP contribution in [-0.2, 0) is 0 Å². The van der Waals surface area contributed by atoms with Crippen LogP contribution in [0.25, 0.3) is 0 Å². The molecule has 0 heterocycles. The lowest BCUT2D eigenvalue weighted by Gasteiger charge is -2.12. The van der Waals surface area contributed by atoms with Crippen LogP contribution in [0.4, 0.5) is 0 Å². The van der Waals surface area contributed by atoms with Crippen LogP contribution in [0.5, 0.6) is 0 Å². The number of hydrogen-bond donors (Lipinski definition) is 1. The molecule has 1 aromatic carbocycles. The molecule has 0 aromatic heterocycles. The summed E-state index contributed by atoms with van der Waals surface area (Å²) in [6, 6.07) is 8.72. The number of nitrogens with one attached hydrogen (secondary N) is 1. The predicted molar refractivity (Wildman–Crippen MR) is 71.2 cm³/mol. The Kier molecular flexibility index (Phi) is 5.85. The van der Waals surface area contributed by atoms with Gasteiger partial charge in [-0.3, -0.25) is 0 Å². The van der Waals surface area contributed by atoms with Crippen molar-refractivity contribution < 1.29 is 0 Å². The molecule has 1 N–H and O–H groups in total. The molecule has 0 saturated heterocycles. The highest BCUT2D eigenvalue weighted by Gasteiger charge is 2.04. The lowest BCUT2D eigenvalue weighted by Crippen LogP contribution is -2.26. The second-order valence-electron chi connectivity index (χ2n) is 3.16. The predicted octanol–water partition coefficient (Wildman–Crippen LogP) is 3.15. The van der Waals surface area contributed by atoms with Gasteiger partial charge in [0.1, 0.15) is 0 Å². The maximum atomic E-state index is 5.29. The van der Waals surface area contributed by atoms with Crippen LogP contribution >= 0.6 is 27.7 Å². The number of thioether (sulfide) groups is 1. The van der Waals surface area contributed by atoms with Crippen molar-refractivity contribution >= 4 is 27.7 Å². The van der Waals surface area contributed by atoms with Gasteiger partial charge >= 0.3 is 0 Å². The highest BCUT2D eigenvalue weighted by molar-refractivity contribution is 9.10. The van der Waals surface area contributed by atoms with Crippen LogP contribution in [0.3, 0.4) is 0 Å². The van der Waals surface area contributed by atoms with Gasteiger partial charge in [0.25, 0.3) is 0 Å². The van der Waals surface area contributed by atoms with Crippen LogP contribution in [0, 0.1) is 12.3 Å². The first kappa shape index (κ1) is 12.6. The van der Waals surface area contributed by atoms with Crippen molar-refractivity contribution in [1.29, 1.82) is 0 Å². The lowest BCUT2D eigenvalue weighted by molar-refractivity contribution is 0.637.